The molecule has 1 aromatic carbocycles. The number of hydrogen-bond donors (Lipinski definition) is 1. The van der Waals surface area contributed by atoms with E-state index in [0.29, 0.717) is 11.3 Å². The Morgan fingerprint density at radius 1 is 1.40 bits per heavy atom. The van der Waals surface area contributed by atoms with Crippen LogP contribution in [0.4, 0.5) is 5.69 Å². The van der Waals surface area contributed by atoms with Crippen molar-refractivity contribution >= 4 is 35.2 Å². The minimum Gasteiger partial charge on any atom is -0.462 e. The van der Waals surface area contributed by atoms with Crippen molar-refractivity contribution in [2.75, 3.05) is 17.8 Å². The van der Waals surface area contributed by atoms with Gasteiger partial charge in [0.1, 0.15) is 17.5 Å². The van der Waals surface area contributed by atoms with Crippen LogP contribution in [0.15, 0.2) is 29.8 Å². The normalized spacial score (nSPS) is 10.6. The van der Waals surface area contributed by atoms with Gasteiger partial charge in [0.25, 0.3) is 0 Å². The summed E-state index contributed by atoms with van der Waals surface area (Å²) in [6.07, 6.45) is 1.42. The van der Waals surface area contributed by atoms with Crippen LogP contribution in [-0.4, -0.2) is 24.4 Å². The summed E-state index contributed by atoms with van der Waals surface area (Å²) in [6, 6.07) is 8.42. The van der Waals surface area contributed by atoms with E-state index in [1.165, 1.54) is 6.08 Å². The standard InChI is InChI=1S/C14H13ClN2O3/c1-2-20-14(19)11(9-16)7-10-3-5-12(6-4-10)17-13(18)8-15/h3-7H,2,8H2,1H3,(H,17,18). The third-order valence-corrected chi connectivity index (χ3v) is 2.49. The van der Waals surface area contributed by atoms with Gasteiger partial charge in [-0.3, -0.25) is 4.79 Å². The number of amides is 1. The maximum Gasteiger partial charge on any atom is 0.348 e. The summed E-state index contributed by atoms with van der Waals surface area (Å²) in [5.41, 5.74) is 1.16. The third kappa shape index (κ3) is 4.75. The summed E-state index contributed by atoms with van der Waals surface area (Å²) >= 11 is 5.38. The number of alkyl halides is 1. The Morgan fingerprint density at radius 3 is 2.55 bits per heavy atom. The fraction of sp³-hybridized carbons (Fsp3) is 0.214. The highest BCUT2D eigenvalue weighted by Gasteiger charge is 2.09. The van der Waals surface area contributed by atoms with E-state index in [1.54, 1.807) is 37.3 Å². The lowest BCUT2D eigenvalue weighted by atomic mass is 10.1. The first-order valence-corrected chi connectivity index (χ1v) is 6.39. The Kier molecular flexibility index (Phi) is 6.27. The number of carbonyl (C=O) groups is 2. The van der Waals surface area contributed by atoms with Gasteiger partial charge in [0.05, 0.1) is 6.61 Å². The summed E-state index contributed by atoms with van der Waals surface area (Å²) in [4.78, 5) is 22.5. The van der Waals surface area contributed by atoms with E-state index in [-0.39, 0.29) is 24.0 Å². The Bertz CT molecular complexity index is 559. The minimum atomic E-state index is -0.658. The van der Waals surface area contributed by atoms with E-state index < -0.39 is 5.97 Å². The number of carbonyl (C=O) groups excluding carboxylic acids is 2. The Hall–Kier alpha value is -2.32. The van der Waals surface area contributed by atoms with Gasteiger partial charge >= 0.3 is 5.97 Å². The number of rotatable bonds is 5. The molecule has 0 bridgehead atoms. The molecule has 1 N–H and O–H groups in total. The molecule has 0 radical (unpaired) electrons. The van der Waals surface area contributed by atoms with Gasteiger partial charge in [-0.1, -0.05) is 12.1 Å². The van der Waals surface area contributed by atoms with Gasteiger partial charge in [0.15, 0.2) is 0 Å². The van der Waals surface area contributed by atoms with Gasteiger partial charge in [0.2, 0.25) is 5.91 Å². The summed E-state index contributed by atoms with van der Waals surface area (Å²) in [7, 11) is 0. The molecule has 5 nitrogen and oxygen atoms in total. The molecule has 0 aliphatic carbocycles. The van der Waals surface area contributed by atoms with Crippen molar-refractivity contribution in [1.29, 1.82) is 5.26 Å². The quantitative estimate of drug-likeness (QED) is 0.391. The first-order valence-electron chi connectivity index (χ1n) is 5.85. The van der Waals surface area contributed by atoms with Crippen molar-refractivity contribution in [3.63, 3.8) is 0 Å². The van der Waals surface area contributed by atoms with Gasteiger partial charge in [-0.2, -0.15) is 5.26 Å². The molecule has 0 unspecified atom stereocenters. The Balaban J connectivity index is 2.85. The lowest BCUT2D eigenvalue weighted by Gasteiger charge is -2.03. The van der Waals surface area contributed by atoms with E-state index in [9.17, 15) is 9.59 Å². The van der Waals surface area contributed by atoms with Crippen molar-refractivity contribution < 1.29 is 14.3 Å². The molecule has 0 aromatic heterocycles. The number of esters is 1. The lowest BCUT2D eigenvalue weighted by Crippen LogP contribution is -2.12. The number of nitrogens with one attached hydrogen (secondary N) is 1. The number of ether oxygens (including phenoxy) is 1. The van der Waals surface area contributed by atoms with Crippen LogP contribution < -0.4 is 5.32 Å². The number of hydrogen-bond acceptors (Lipinski definition) is 4. The van der Waals surface area contributed by atoms with E-state index in [1.807, 2.05) is 0 Å². The topological polar surface area (TPSA) is 79.2 Å². The average Bonchev–Trinajstić information content (AvgIpc) is 2.46. The smallest absolute Gasteiger partial charge is 0.348 e. The molecule has 1 rings (SSSR count). The molecule has 1 amide bonds. The summed E-state index contributed by atoms with van der Waals surface area (Å²) < 4.78 is 4.76. The van der Waals surface area contributed by atoms with Gasteiger partial charge in [-0.25, -0.2) is 4.79 Å². The van der Waals surface area contributed by atoms with Crippen LogP contribution in [0.2, 0.25) is 0 Å². The molecule has 6 heteroatoms. The second-order valence-corrected chi connectivity index (χ2v) is 3.96. The Morgan fingerprint density at radius 2 is 2.05 bits per heavy atom. The molecule has 0 saturated carbocycles. The maximum absolute atomic E-state index is 11.4. The van der Waals surface area contributed by atoms with Crippen LogP contribution in [0.5, 0.6) is 0 Å². The first-order chi connectivity index (χ1) is 9.60. The largest absolute Gasteiger partial charge is 0.462 e. The lowest BCUT2D eigenvalue weighted by molar-refractivity contribution is -0.137. The third-order valence-electron chi connectivity index (χ3n) is 2.24. The molecule has 0 aliphatic heterocycles. The number of halogens is 1. The van der Waals surface area contributed by atoms with Crippen LogP contribution in [0.1, 0.15) is 12.5 Å². The molecular weight excluding hydrogens is 280 g/mol. The van der Waals surface area contributed by atoms with Crippen molar-refractivity contribution in [1.82, 2.24) is 0 Å². The molecule has 0 spiro atoms. The van der Waals surface area contributed by atoms with E-state index in [4.69, 9.17) is 21.6 Å². The van der Waals surface area contributed by atoms with Gasteiger partial charge in [-0.15, -0.1) is 11.6 Å². The average molecular weight is 293 g/mol. The minimum absolute atomic E-state index is 0.0793. The molecule has 1 aromatic rings. The molecule has 0 aliphatic rings. The maximum atomic E-state index is 11.4. The van der Waals surface area contributed by atoms with Gasteiger partial charge in [-0.05, 0) is 30.7 Å². The predicted molar refractivity (Wildman–Crippen MR) is 76.0 cm³/mol. The van der Waals surface area contributed by atoms with E-state index in [0.717, 1.165) is 0 Å². The fourth-order valence-electron chi connectivity index (χ4n) is 1.37. The highest BCUT2D eigenvalue weighted by molar-refractivity contribution is 6.29. The van der Waals surface area contributed by atoms with Crippen LogP contribution in [0.25, 0.3) is 6.08 Å². The van der Waals surface area contributed by atoms with Gasteiger partial charge in [0, 0.05) is 5.69 Å². The van der Waals surface area contributed by atoms with Crippen molar-refractivity contribution in [2.45, 2.75) is 6.92 Å². The highest BCUT2D eigenvalue weighted by Crippen LogP contribution is 2.13. The number of nitriles is 1. The summed E-state index contributed by atoms with van der Waals surface area (Å²) in [5.74, 6) is -1.09. The number of benzene rings is 1. The molecule has 20 heavy (non-hydrogen) atoms. The molecule has 104 valence electrons. The number of nitrogens with zero attached hydrogens (tertiary/aromatic N) is 1. The van der Waals surface area contributed by atoms with Crippen LogP contribution >= 0.6 is 11.6 Å². The highest BCUT2D eigenvalue weighted by atomic mass is 35.5. The summed E-state index contributed by atoms with van der Waals surface area (Å²) in [6.45, 7) is 1.88. The molecule has 0 heterocycles. The van der Waals surface area contributed by atoms with Crippen molar-refractivity contribution in [3.05, 3.63) is 35.4 Å². The zero-order valence-electron chi connectivity index (χ0n) is 10.9. The molecule has 0 fully saturated rings. The van der Waals surface area contributed by atoms with E-state index >= 15 is 0 Å². The van der Waals surface area contributed by atoms with E-state index in [2.05, 4.69) is 5.32 Å². The van der Waals surface area contributed by atoms with Crippen molar-refractivity contribution in [3.8, 4) is 6.07 Å². The SMILES string of the molecule is CCOC(=O)C(C#N)=Cc1ccc(NC(=O)CCl)cc1. The number of anilines is 1. The summed E-state index contributed by atoms with van der Waals surface area (Å²) in [5, 5.41) is 11.5. The Labute approximate surface area is 121 Å². The zero-order valence-corrected chi connectivity index (χ0v) is 11.6. The van der Waals surface area contributed by atoms with Crippen LogP contribution in [-0.2, 0) is 14.3 Å². The van der Waals surface area contributed by atoms with Gasteiger partial charge < -0.3 is 10.1 Å². The first kappa shape index (κ1) is 15.7. The molecule has 0 saturated heterocycles. The monoisotopic (exact) mass is 292 g/mol. The molecule has 0 atom stereocenters. The molecular formula is C14H13ClN2O3. The second kappa shape index (κ2) is 7.97. The zero-order chi connectivity index (χ0) is 15.0. The predicted octanol–water partition coefficient (Wildman–Crippen LogP) is 2.33. The van der Waals surface area contributed by atoms with Crippen molar-refractivity contribution in [2.24, 2.45) is 0 Å². The van der Waals surface area contributed by atoms with Crippen LogP contribution in [0.3, 0.4) is 0 Å². The van der Waals surface area contributed by atoms with Crippen LogP contribution in [0, 0.1) is 11.3 Å². The fourth-order valence-corrected chi connectivity index (χ4v) is 1.44. The second-order valence-electron chi connectivity index (χ2n) is 3.69.